The van der Waals surface area contributed by atoms with Gasteiger partial charge in [0.05, 0.1) is 0 Å². The van der Waals surface area contributed by atoms with Crippen molar-refractivity contribution in [2.45, 2.75) is 30.3 Å². The molecule has 5 nitrogen and oxygen atoms in total. The standard InChI is InChI=1S/C16H19N5S2/c1-10(2)14-17-18-16-21(14)20-13(23-16)9-22-15(20)11-5-7-12(8-6-11)19(3)4/h5-10,15H,1-4H3. The first-order chi connectivity index (χ1) is 11.1. The summed E-state index contributed by atoms with van der Waals surface area (Å²) in [6.45, 7) is 4.32. The summed E-state index contributed by atoms with van der Waals surface area (Å²) in [4.78, 5) is 2.12. The zero-order valence-electron chi connectivity index (χ0n) is 13.6. The lowest BCUT2D eigenvalue weighted by molar-refractivity contribution is 0.582. The van der Waals surface area contributed by atoms with Gasteiger partial charge in [-0.3, -0.25) is 5.01 Å². The zero-order chi connectivity index (χ0) is 16.1. The molecule has 0 N–H and O–H groups in total. The van der Waals surface area contributed by atoms with Gasteiger partial charge in [0.1, 0.15) is 10.4 Å². The summed E-state index contributed by atoms with van der Waals surface area (Å²) in [6.07, 6.45) is 0. The van der Waals surface area contributed by atoms with E-state index >= 15 is 0 Å². The Bertz CT molecular complexity index is 763. The fourth-order valence-electron chi connectivity index (χ4n) is 2.78. The highest BCUT2D eigenvalue weighted by Crippen LogP contribution is 2.51. The van der Waals surface area contributed by atoms with Crippen molar-refractivity contribution >= 4 is 29.2 Å². The fourth-order valence-corrected chi connectivity index (χ4v) is 5.01. The molecule has 0 amide bonds. The van der Waals surface area contributed by atoms with Gasteiger partial charge < -0.3 is 4.90 Å². The zero-order valence-corrected chi connectivity index (χ0v) is 15.2. The summed E-state index contributed by atoms with van der Waals surface area (Å²) in [7, 11) is 4.13. The van der Waals surface area contributed by atoms with Crippen molar-refractivity contribution in [1.82, 2.24) is 14.9 Å². The van der Waals surface area contributed by atoms with Crippen LogP contribution in [0, 0.1) is 0 Å². The summed E-state index contributed by atoms with van der Waals surface area (Å²) >= 11 is 3.54. The third kappa shape index (κ3) is 2.33. The van der Waals surface area contributed by atoms with Crippen molar-refractivity contribution in [2.24, 2.45) is 0 Å². The first-order valence-electron chi connectivity index (χ1n) is 7.62. The lowest BCUT2D eigenvalue weighted by Crippen LogP contribution is -2.31. The molecule has 2 aromatic rings. The van der Waals surface area contributed by atoms with Gasteiger partial charge in [-0.25, -0.2) is 4.68 Å². The third-order valence-corrected chi connectivity index (χ3v) is 6.19. The minimum Gasteiger partial charge on any atom is -0.378 e. The summed E-state index contributed by atoms with van der Waals surface area (Å²) in [5, 5.41) is 15.7. The van der Waals surface area contributed by atoms with Gasteiger partial charge in [0.15, 0.2) is 5.82 Å². The molecule has 0 saturated carbocycles. The molecule has 2 aliphatic heterocycles. The van der Waals surface area contributed by atoms with E-state index < -0.39 is 0 Å². The molecule has 23 heavy (non-hydrogen) atoms. The van der Waals surface area contributed by atoms with Crippen molar-refractivity contribution in [3.05, 3.63) is 46.1 Å². The molecule has 0 spiro atoms. The Labute approximate surface area is 144 Å². The van der Waals surface area contributed by atoms with E-state index in [-0.39, 0.29) is 5.37 Å². The second-order valence-electron chi connectivity index (χ2n) is 6.18. The largest absolute Gasteiger partial charge is 0.378 e. The van der Waals surface area contributed by atoms with E-state index in [2.05, 4.69) is 82.4 Å². The maximum atomic E-state index is 4.37. The third-order valence-electron chi connectivity index (χ3n) is 4.00. The molecule has 0 saturated heterocycles. The SMILES string of the molecule is CC(C)c1nnc2n1N1C(=CSC1c1ccc(N(C)C)cc1)S2. The van der Waals surface area contributed by atoms with Crippen LogP contribution in [-0.4, -0.2) is 29.0 Å². The van der Waals surface area contributed by atoms with E-state index in [4.69, 9.17) is 0 Å². The number of fused-ring (bicyclic) bond motifs is 3. The molecule has 0 bridgehead atoms. The maximum Gasteiger partial charge on any atom is 0.216 e. The van der Waals surface area contributed by atoms with Crippen LogP contribution in [0.25, 0.3) is 0 Å². The Morgan fingerprint density at radius 3 is 2.52 bits per heavy atom. The number of thioether (sulfide) groups is 2. The molecule has 4 rings (SSSR count). The average molecular weight is 345 g/mol. The number of hydrogen-bond acceptors (Lipinski definition) is 6. The number of benzene rings is 1. The lowest BCUT2D eigenvalue weighted by atomic mass is 10.2. The highest BCUT2D eigenvalue weighted by molar-refractivity contribution is 8.07. The number of nitrogens with zero attached hydrogens (tertiary/aromatic N) is 5. The van der Waals surface area contributed by atoms with Gasteiger partial charge in [0.25, 0.3) is 0 Å². The molecule has 1 unspecified atom stereocenters. The molecule has 7 heteroatoms. The summed E-state index contributed by atoms with van der Waals surface area (Å²) in [5.41, 5.74) is 2.51. The molecule has 3 heterocycles. The number of rotatable bonds is 3. The molecular formula is C16H19N5S2. The van der Waals surface area contributed by atoms with Gasteiger partial charge in [0, 0.05) is 31.1 Å². The smallest absolute Gasteiger partial charge is 0.216 e. The Hall–Kier alpha value is -1.60. The predicted molar refractivity (Wildman–Crippen MR) is 97.4 cm³/mol. The minimum absolute atomic E-state index is 0.239. The van der Waals surface area contributed by atoms with Crippen LogP contribution < -0.4 is 9.91 Å². The molecule has 0 radical (unpaired) electrons. The second-order valence-corrected chi connectivity index (χ2v) is 8.13. The Balaban J connectivity index is 1.70. The highest BCUT2D eigenvalue weighted by Gasteiger charge is 2.39. The Morgan fingerprint density at radius 1 is 1.13 bits per heavy atom. The van der Waals surface area contributed by atoms with E-state index in [9.17, 15) is 0 Å². The molecule has 0 fully saturated rings. The molecule has 0 aliphatic carbocycles. The van der Waals surface area contributed by atoms with Gasteiger partial charge in [-0.15, -0.1) is 10.2 Å². The van der Waals surface area contributed by atoms with Crippen LogP contribution >= 0.6 is 23.5 Å². The lowest BCUT2D eigenvalue weighted by Gasteiger charge is -2.27. The predicted octanol–water partition coefficient (Wildman–Crippen LogP) is 3.76. The molecule has 1 aromatic carbocycles. The van der Waals surface area contributed by atoms with Crippen LogP contribution in [0.5, 0.6) is 0 Å². The van der Waals surface area contributed by atoms with Gasteiger partial charge in [-0.1, -0.05) is 37.7 Å². The van der Waals surface area contributed by atoms with E-state index in [1.54, 1.807) is 11.8 Å². The van der Waals surface area contributed by atoms with Crippen molar-refractivity contribution in [1.29, 1.82) is 0 Å². The molecule has 120 valence electrons. The first kappa shape index (κ1) is 15.0. The van der Waals surface area contributed by atoms with Crippen molar-refractivity contribution < 1.29 is 0 Å². The quantitative estimate of drug-likeness (QED) is 0.843. The van der Waals surface area contributed by atoms with Crippen LogP contribution in [0.1, 0.15) is 36.5 Å². The highest BCUT2D eigenvalue weighted by atomic mass is 32.2. The van der Waals surface area contributed by atoms with Crippen LogP contribution in [0.2, 0.25) is 0 Å². The number of hydrogen-bond donors (Lipinski definition) is 0. The summed E-state index contributed by atoms with van der Waals surface area (Å²) in [5.74, 6) is 1.37. The minimum atomic E-state index is 0.239. The Kier molecular flexibility index (Phi) is 3.57. The van der Waals surface area contributed by atoms with Crippen molar-refractivity contribution in [2.75, 3.05) is 24.0 Å². The van der Waals surface area contributed by atoms with Crippen molar-refractivity contribution in [3.63, 3.8) is 0 Å². The normalized spacial score (nSPS) is 19.1. The van der Waals surface area contributed by atoms with E-state index in [1.165, 1.54) is 16.3 Å². The molecule has 2 aliphatic rings. The van der Waals surface area contributed by atoms with Gasteiger partial charge >= 0.3 is 0 Å². The maximum absolute atomic E-state index is 4.37. The molecule has 1 aromatic heterocycles. The Morgan fingerprint density at radius 2 is 1.87 bits per heavy atom. The summed E-state index contributed by atoms with van der Waals surface area (Å²) in [6, 6.07) is 8.78. The number of anilines is 1. The van der Waals surface area contributed by atoms with E-state index in [1.807, 2.05) is 11.8 Å². The molecule has 1 atom stereocenters. The van der Waals surface area contributed by atoms with Crippen LogP contribution in [0.4, 0.5) is 5.69 Å². The molecular weight excluding hydrogens is 326 g/mol. The van der Waals surface area contributed by atoms with Crippen LogP contribution in [0.15, 0.2) is 39.9 Å². The average Bonchev–Trinajstić information content (AvgIpc) is 3.17. The number of aromatic nitrogens is 3. The first-order valence-corrected chi connectivity index (χ1v) is 9.38. The fraction of sp³-hybridized carbons (Fsp3) is 0.375. The van der Waals surface area contributed by atoms with Gasteiger partial charge in [-0.2, -0.15) is 0 Å². The van der Waals surface area contributed by atoms with Crippen molar-refractivity contribution in [3.8, 4) is 0 Å². The topological polar surface area (TPSA) is 37.2 Å². The van der Waals surface area contributed by atoms with Gasteiger partial charge in [0.2, 0.25) is 5.16 Å². The summed E-state index contributed by atoms with van der Waals surface area (Å²) < 4.78 is 2.19. The van der Waals surface area contributed by atoms with Crippen LogP contribution in [-0.2, 0) is 0 Å². The van der Waals surface area contributed by atoms with Crippen LogP contribution in [0.3, 0.4) is 0 Å². The van der Waals surface area contributed by atoms with Gasteiger partial charge in [-0.05, 0) is 29.5 Å². The van der Waals surface area contributed by atoms with E-state index in [0.29, 0.717) is 5.92 Å². The monoisotopic (exact) mass is 345 g/mol. The second kappa shape index (κ2) is 5.49. The van der Waals surface area contributed by atoms with E-state index in [0.717, 1.165) is 11.0 Å².